The molecule has 3 nitrogen and oxygen atoms in total. The van der Waals surface area contributed by atoms with Crippen LogP contribution in [0.2, 0.25) is 0 Å². The number of aryl methyl sites for hydroxylation is 1. The third-order valence-electron chi connectivity index (χ3n) is 6.94. The zero-order valence-electron chi connectivity index (χ0n) is 17.2. The van der Waals surface area contributed by atoms with Crippen LogP contribution in [0.3, 0.4) is 0 Å². The first-order valence-electron chi connectivity index (χ1n) is 10.7. The Kier molecular flexibility index (Phi) is 8.45. The summed E-state index contributed by atoms with van der Waals surface area (Å²) in [6, 6.07) is 6.94. The normalized spacial score (nSPS) is 28.4. The van der Waals surface area contributed by atoms with Crippen LogP contribution in [0.1, 0.15) is 91.5 Å². The van der Waals surface area contributed by atoms with E-state index in [1.54, 1.807) is 17.5 Å². The smallest absolute Gasteiger partial charge is 0.227 e. The predicted molar refractivity (Wildman–Crippen MR) is 113 cm³/mol. The second kappa shape index (κ2) is 10.6. The number of hydrogen-bond acceptors (Lipinski definition) is 3. The summed E-state index contributed by atoms with van der Waals surface area (Å²) in [5.41, 5.74) is 3.89. The molecule has 5 unspecified atom stereocenters. The molecule has 2 aliphatic rings. The summed E-state index contributed by atoms with van der Waals surface area (Å²) in [6.07, 6.45) is 9.85. The monoisotopic (exact) mass is 482 g/mol. The maximum atomic E-state index is 10.4. The fourth-order valence-corrected chi connectivity index (χ4v) is 6.01. The summed E-state index contributed by atoms with van der Waals surface area (Å²) >= 11 is 1.61. The zero-order chi connectivity index (χ0) is 19.5. The van der Waals surface area contributed by atoms with Gasteiger partial charge in [0.15, 0.2) is 0 Å². The van der Waals surface area contributed by atoms with Crippen LogP contribution >= 0.6 is 11.3 Å². The minimum Gasteiger partial charge on any atom is -0.388 e. The third-order valence-corrected chi connectivity index (χ3v) is 7.70. The van der Waals surface area contributed by atoms with Gasteiger partial charge >= 0.3 is 0 Å². The molecule has 1 radical (unpaired) electrons. The first-order chi connectivity index (χ1) is 13.7. The van der Waals surface area contributed by atoms with Crippen molar-refractivity contribution in [2.75, 3.05) is 0 Å². The van der Waals surface area contributed by atoms with Gasteiger partial charge in [0.1, 0.15) is 0 Å². The Hall–Kier alpha value is -0.596. The van der Waals surface area contributed by atoms with Crippen LogP contribution in [0.5, 0.6) is 0 Å². The molecule has 0 bridgehead atoms. The van der Waals surface area contributed by atoms with Crippen molar-refractivity contribution in [3.8, 4) is 0 Å². The maximum Gasteiger partial charge on any atom is 0.227 e. The van der Waals surface area contributed by atoms with E-state index in [1.165, 1.54) is 11.1 Å². The number of aromatic nitrogens is 1. The van der Waals surface area contributed by atoms with Crippen LogP contribution in [0.15, 0.2) is 24.4 Å². The van der Waals surface area contributed by atoms with Crippen molar-refractivity contribution in [3.63, 3.8) is 0 Å². The van der Waals surface area contributed by atoms with E-state index in [2.05, 4.69) is 40.3 Å². The molecule has 0 aliphatic heterocycles. The molecule has 1 aromatic carbocycles. The summed E-state index contributed by atoms with van der Waals surface area (Å²) in [4.78, 5) is 8.33. The third kappa shape index (κ3) is 5.01. The minimum absolute atomic E-state index is 0. The molecule has 0 spiro atoms. The van der Waals surface area contributed by atoms with Gasteiger partial charge in [0, 0.05) is 45.0 Å². The van der Waals surface area contributed by atoms with Crippen molar-refractivity contribution in [1.82, 2.24) is 4.98 Å². The summed E-state index contributed by atoms with van der Waals surface area (Å²) in [5.74, 6) is 1.48. The molecule has 5 heteroatoms. The molecular weight excluding hydrogens is 453 g/mol. The summed E-state index contributed by atoms with van der Waals surface area (Å²) < 4.78 is 0. The molecule has 0 saturated heterocycles. The molecule has 1 heterocycles. The molecule has 1 N–H and O–H groups in total. The van der Waals surface area contributed by atoms with Gasteiger partial charge in [-0.05, 0) is 60.6 Å². The maximum absolute atomic E-state index is 10.4. The van der Waals surface area contributed by atoms with Crippen LogP contribution in [0.25, 0.3) is 4.85 Å². The number of hydrogen-bond donors (Lipinski definition) is 1. The van der Waals surface area contributed by atoms with Crippen LogP contribution in [-0.2, 0) is 39.1 Å². The van der Waals surface area contributed by atoms with Crippen molar-refractivity contribution in [2.24, 2.45) is 5.92 Å². The number of aliphatic hydroxyl groups is 1. The van der Waals surface area contributed by atoms with Crippen molar-refractivity contribution in [1.29, 1.82) is 0 Å². The zero-order valence-corrected chi connectivity index (χ0v) is 20.8. The Bertz CT molecular complexity index is 832. The van der Waals surface area contributed by atoms with E-state index in [0.29, 0.717) is 17.8 Å². The van der Waals surface area contributed by atoms with Crippen molar-refractivity contribution >= 4 is 11.3 Å². The van der Waals surface area contributed by atoms with Gasteiger partial charge in [0.05, 0.1) is 6.10 Å². The van der Waals surface area contributed by atoms with Gasteiger partial charge < -0.3 is 26.3 Å². The van der Waals surface area contributed by atoms with Gasteiger partial charge in [-0.3, -0.25) is 0 Å². The topological polar surface area (TPSA) is 37.5 Å². The van der Waals surface area contributed by atoms with Crippen LogP contribution in [0.4, 0.5) is 0 Å². The second-order valence-corrected chi connectivity index (χ2v) is 9.31. The van der Waals surface area contributed by atoms with Gasteiger partial charge in [-0.1, -0.05) is 49.2 Å². The molecule has 1 saturated carbocycles. The molecule has 151 valence electrons. The molecule has 1 aromatic heterocycles. The molecular formula is C24H29N2OSY-. The van der Waals surface area contributed by atoms with Gasteiger partial charge in [0.2, 0.25) is 6.04 Å². The fourth-order valence-electron chi connectivity index (χ4n) is 5.41. The molecule has 1 fully saturated rings. The molecule has 4 rings (SSSR count). The van der Waals surface area contributed by atoms with Crippen LogP contribution in [-0.4, -0.2) is 16.1 Å². The number of benzene rings is 1. The number of rotatable bonds is 6. The number of fused-ring (bicyclic) bond motifs is 1. The summed E-state index contributed by atoms with van der Waals surface area (Å²) in [5, 5.41) is 14.6. The van der Waals surface area contributed by atoms with Crippen molar-refractivity contribution < 1.29 is 37.8 Å². The first kappa shape index (κ1) is 23.1. The SMILES string of the molecule is [C-]#[N+]C1CCC(c2ccc3c(c2)C(CC)CCC3O)C1CCCc1nc[c-]s1.[Y]. The molecule has 29 heavy (non-hydrogen) atoms. The molecule has 2 aromatic rings. The largest absolute Gasteiger partial charge is 0.388 e. The van der Waals surface area contributed by atoms with Gasteiger partial charge in [-0.25, -0.2) is 6.57 Å². The van der Waals surface area contributed by atoms with E-state index in [-0.39, 0.29) is 44.9 Å². The summed E-state index contributed by atoms with van der Waals surface area (Å²) in [6.45, 7) is 9.93. The molecule has 2 aliphatic carbocycles. The Balaban J connectivity index is 0.00000240. The first-order valence-corrected chi connectivity index (χ1v) is 11.5. The number of thiazole rings is 1. The van der Waals surface area contributed by atoms with Crippen LogP contribution < -0.4 is 0 Å². The van der Waals surface area contributed by atoms with Gasteiger partial charge in [-0.2, -0.15) is 5.38 Å². The summed E-state index contributed by atoms with van der Waals surface area (Å²) in [7, 11) is 0. The molecule has 5 atom stereocenters. The van der Waals surface area contributed by atoms with Crippen LogP contribution in [0, 0.1) is 17.9 Å². The standard InChI is InChI=1S/C24H29N2OS.Y/c1-3-16-8-12-23(27)20-9-7-17(15-21(16)20)18-10-11-22(25-2)19(18)5-4-6-24-26-13-14-28-24;/h7,9,13,15-16,18-19,22-23,27H,3-6,8,10-12H2,1H3;/q-1;. The average molecular weight is 482 g/mol. The van der Waals surface area contributed by atoms with E-state index >= 15 is 0 Å². The number of nitrogens with zero attached hydrogens (tertiary/aromatic N) is 2. The van der Waals surface area contributed by atoms with E-state index in [1.807, 2.05) is 0 Å². The van der Waals surface area contributed by atoms with E-state index in [9.17, 15) is 5.11 Å². The Morgan fingerprint density at radius 2 is 2.10 bits per heavy atom. The fraction of sp³-hybridized carbons (Fsp3) is 0.583. The molecule has 0 amide bonds. The van der Waals surface area contributed by atoms with Gasteiger partial charge in [-0.15, -0.1) is 0 Å². The quantitative estimate of drug-likeness (QED) is 0.508. The number of aliphatic hydroxyl groups excluding tert-OH is 1. The van der Waals surface area contributed by atoms with Gasteiger partial charge in [0.25, 0.3) is 0 Å². The Labute approximate surface area is 204 Å². The second-order valence-electron chi connectivity index (χ2n) is 8.39. The predicted octanol–water partition coefficient (Wildman–Crippen LogP) is 6.07. The average Bonchev–Trinajstić information content (AvgIpc) is 3.38. The Morgan fingerprint density at radius 3 is 2.83 bits per heavy atom. The Morgan fingerprint density at radius 1 is 1.24 bits per heavy atom. The minimum atomic E-state index is -0.308. The van der Waals surface area contributed by atoms with E-state index in [4.69, 9.17) is 6.57 Å². The van der Waals surface area contributed by atoms with Crippen molar-refractivity contribution in [3.05, 3.63) is 62.9 Å². The van der Waals surface area contributed by atoms with Crippen molar-refractivity contribution in [2.45, 2.75) is 82.3 Å². The van der Waals surface area contributed by atoms with E-state index in [0.717, 1.165) is 61.9 Å². The van der Waals surface area contributed by atoms with E-state index < -0.39 is 0 Å².